The number of esters is 1. The maximum absolute atomic E-state index is 12.1. The normalized spacial score (nSPS) is 22.5. The van der Waals surface area contributed by atoms with Crippen molar-refractivity contribution in [2.45, 2.75) is 39.7 Å². The standard InChI is InChI=1S/C13H18N2O3S/c1-4-6-9-11(12(17)18-5-2)8(3)14-13-15(9)10(16)7-19-13/h9H,4-7H2,1-3H3/t9-/m1/s1. The zero-order chi connectivity index (χ0) is 14.0. The van der Waals surface area contributed by atoms with Crippen molar-refractivity contribution in [1.29, 1.82) is 0 Å². The fraction of sp³-hybridized carbons (Fsp3) is 0.615. The second-order valence-corrected chi connectivity index (χ2v) is 5.41. The minimum atomic E-state index is -0.356. The molecule has 5 nitrogen and oxygen atoms in total. The molecule has 0 bridgehead atoms. The van der Waals surface area contributed by atoms with Gasteiger partial charge in [0, 0.05) is 0 Å². The van der Waals surface area contributed by atoms with Crippen LogP contribution in [-0.2, 0) is 14.3 Å². The molecule has 0 unspecified atom stereocenters. The van der Waals surface area contributed by atoms with Crippen molar-refractivity contribution in [1.82, 2.24) is 4.90 Å². The Bertz CT molecular complexity index is 471. The highest BCUT2D eigenvalue weighted by Crippen LogP contribution is 2.34. The number of hydrogen-bond donors (Lipinski definition) is 0. The number of allylic oxidation sites excluding steroid dienone is 1. The minimum Gasteiger partial charge on any atom is -0.463 e. The summed E-state index contributed by atoms with van der Waals surface area (Å²) in [4.78, 5) is 30.1. The van der Waals surface area contributed by atoms with Crippen LogP contribution in [0.25, 0.3) is 0 Å². The third kappa shape index (κ3) is 2.54. The highest BCUT2D eigenvalue weighted by Gasteiger charge is 2.41. The number of hydrogen-bond acceptors (Lipinski definition) is 5. The second-order valence-electron chi connectivity index (χ2n) is 4.47. The van der Waals surface area contributed by atoms with Crippen LogP contribution in [0.5, 0.6) is 0 Å². The van der Waals surface area contributed by atoms with E-state index in [1.165, 1.54) is 11.8 Å². The molecule has 2 aliphatic rings. The molecular formula is C13H18N2O3S. The smallest absolute Gasteiger partial charge is 0.337 e. The van der Waals surface area contributed by atoms with E-state index in [2.05, 4.69) is 4.99 Å². The number of ether oxygens (including phenoxy) is 1. The first-order valence-electron chi connectivity index (χ1n) is 6.51. The average Bonchev–Trinajstić information content (AvgIpc) is 2.71. The number of carbonyl (C=O) groups is 2. The second kappa shape index (κ2) is 5.77. The number of thioether (sulfide) groups is 1. The van der Waals surface area contributed by atoms with Crippen molar-refractivity contribution in [2.75, 3.05) is 12.4 Å². The monoisotopic (exact) mass is 282 g/mol. The van der Waals surface area contributed by atoms with Crippen LogP contribution < -0.4 is 0 Å². The highest BCUT2D eigenvalue weighted by atomic mass is 32.2. The lowest BCUT2D eigenvalue weighted by Gasteiger charge is -2.32. The maximum Gasteiger partial charge on any atom is 0.337 e. The van der Waals surface area contributed by atoms with Crippen LogP contribution in [0.2, 0.25) is 0 Å². The molecule has 2 rings (SSSR count). The van der Waals surface area contributed by atoms with Crippen LogP contribution >= 0.6 is 11.8 Å². The molecule has 0 N–H and O–H groups in total. The van der Waals surface area contributed by atoms with E-state index in [1.807, 2.05) is 13.8 Å². The molecule has 104 valence electrons. The summed E-state index contributed by atoms with van der Waals surface area (Å²) >= 11 is 1.43. The van der Waals surface area contributed by atoms with E-state index in [-0.39, 0.29) is 17.9 Å². The molecule has 1 saturated heterocycles. The Morgan fingerprint density at radius 2 is 2.26 bits per heavy atom. The molecule has 0 saturated carbocycles. The van der Waals surface area contributed by atoms with Gasteiger partial charge in [-0.15, -0.1) is 0 Å². The Morgan fingerprint density at radius 1 is 1.53 bits per heavy atom. The molecule has 1 fully saturated rings. The van der Waals surface area contributed by atoms with Crippen molar-refractivity contribution < 1.29 is 14.3 Å². The number of fused-ring (bicyclic) bond motifs is 1. The lowest BCUT2D eigenvalue weighted by Crippen LogP contribution is -2.45. The molecule has 2 aliphatic heterocycles. The number of rotatable bonds is 4. The van der Waals surface area contributed by atoms with Crippen LogP contribution in [0.1, 0.15) is 33.6 Å². The van der Waals surface area contributed by atoms with Gasteiger partial charge in [0.1, 0.15) is 0 Å². The molecule has 0 radical (unpaired) electrons. The Balaban J connectivity index is 2.39. The summed E-state index contributed by atoms with van der Waals surface area (Å²) in [6.07, 6.45) is 1.64. The quantitative estimate of drug-likeness (QED) is 0.739. The van der Waals surface area contributed by atoms with E-state index in [0.29, 0.717) is 28.8 Å². The molecule has 0 aliphatic carbocycles. The van der Waals surface area contributed by atoms with E-state index in [1.54, 1.807) is 11.8 Å². The first-order valence-corrected chi connectivity index (χ1v) is 7.50. The molecular weight excluding hydrogens is 264 g/mol. The molecule has 1 amide bonds. The summed E-state index contributed by atoms with van der Waals surface area (Å²) in [5.41, 5.74) is 1.20. The summed E-state index contributed by atoms with van der Waals surface area (Å²) in [6, 6.07) is -0.223. The third-order valence-corrected chi connectivity index (χ3v) is 4.09. The van der Waals surface area contributed by atoms with Gasteiger partial charge in [0.05, 0.1) is 29.7 Å². The van der Waals surface area contributed by atoms with Gasteiger partial charge in [-0.3, -0.25) is 9.69 Å². The number of carbonyl (C=O) groups excluding carboxylic acids is 2. The van der Waals surface area contributed by atoms with E-state index >= 15 is 0 Å². The van der Waals surface area contributed by atoms with Crippen LogP contribution in [0.3, 0.4) is 0 Å². The molecule has 19 heavy (non-hydrogen) atoms. The predicted molar refractivity (Wildman–Crippen MR) is 74.8 cm³/mol. The van der Waals surface area contributed by atoms with Gasteiger partial charge in [-0.25, -0.2) is 9.79 Å². The van der Waals surface area contributed by atoms with Crippen molar-refractivity contribution in [2.24, 2.45) is 4.99 Å². The van der Waals surface area contributed by atoms with Crippen LogP contribution in [0, 0.1) is 0 Å². The van der Waals surface area contributed by atoms with Gasteiger partial charge in [0.25, 0.3) is 0 Å². The topological polar surface area (TPSA) is 59.0 Å². The lowest BCUT2D eigenvalue weighted by molar-refractivity contribution is -0.139. The van der Waals surface area contributed by atoms with E-state index in [0.717, 1.165) is 12.8 Å². The molecule has 1 atom stereocenters. The molecule has 0 spiro atoms. The minimum absolute atomic E-state index is 0.0245. The zero-order valence-corrected chi connectivity index (χ0v) is 12.2. The number of amides is 1. The molecule has 0 aromatic heterocycles. The lowest BCUT2D eigenvalue weighted by atomic mass is 9.98. The van der Waals surface area contributed by atoms with Crippen LogP contribution in [0.4, 0.5) is 0 Å². The Hall–Kier alpha value is -1.30. The van der Waals surface area contributed by atoms with Gasteiger partial charge in [0.2, 0.25) is 5.91 Å². The number of amidine groups is 1. The van der Waals surface area contributed by atoms with Gasteiger partial charge in [-0.05, 0) is 20.3 Å². The summed E-state index contributed by atoms with van der Waals surface area (Å²) < 4.78 is 5.10. The first-order chi connectivity index (χ1) is 9.10. The van der Waals surface area contributed by atoms with Crippen molar-refractivity contribution in [3.8, 4) is 0 Å². The van der Waals surface area contributed by atoms with E-state index < -0.39 is 0 Å². The van der Waals surface area contributed by atoms with Gasteiger partial charge in [-0.2, -0.15) is 0 Å². The largest absolute Gasteiger partial charge is 0.463 e. The van der Waals surface area contributed by atoms with Crippen LogP contribution in [0.15, 0.2) is 16.3 Å². The van der Waals surface area contributed by atoms with E-state index in [9.17, 15) is 9.59 Å². The summed E-state index contributed by atoms with van der Waals surface area (Å²) in [6.45, 7) is 5.95. The highest BCUT2D eigenvalue weighted by molar-refractivity contribution is 8.15. The van der Waals surface area contributed by atoms with Gasteiger partial charge in [-0.1, -0.05) is 25.1 Å². The van der Waals surface area contributed by atoms with Crippen LogP contribution in [-0.4, -0.2) is 40.3 Å². The van der Waals surface area contributed by atoms with Crippen molar-refractivity contribution in [3.05, 3.63) is 11.3 Å². The Kier molecular flexibility index (Phi) is 4.29. The zero-order valence-electron chi connectivity index (χ0n) is 11.4. The molecule has 6 heteroatoms. The van der Waals surface area contributed by atoms with Gasteiger partial charge in [0.15, 0.2) is 5.17 Å². The van der Waals surface area contributed by atoms with Crippen molar-refractivity contribution >= 4 is 28.8 Å². The predicted octanol–water partition coefficient (Wildman–Crippen LogP) is 1.94. The number of nitrogens with zero attached hydrogens (tertiary/aromatic N) is 2. The number of aliphatic imine (C=N–C) groups is 1. The van der Waals surface area contributed by atoms with Gasteiger partial charge >= 0.3 is 5.97 Å². The molecule has 2 heterocycles. The third-order valence-electron chi connectivity index (χ3n) is 3.16. The maximum atomic E-state index is 12.1. The van der Waals surface area contributed by atoms with Crippen molar-refractivity contribution in [3.63, 3.8) is 0 Å². The van der Waals surface area contributed by atoms with E-state index in [4.69, 9.17) is 4.74 Å². The SMILES string of the molecule is CCC[C@@H]1C(C(=O)OCC)=C(C)N=C2SCC(=O)N21. The average molecular weight is 282 g/mol. The van der Waals surface area contributed by atoms with Gasteiger partial charge < -0.3 is 4.74 Å². The fourth-order valence-corrected chi connectivity index (χ4v) is 3.34. The summed E-state index contributed by atoms with van der Waals surface area (Å²) in [7, 11) is 0. The fourth-order valence-electron chi connectivity index (χ4n) is 2.38. The summed E-state index contributed by atoms with van der Waals surface area (Å²) in [5, 5.41) is 0.717. The molecule has 0 aromatic rings. The Labute approximate surface area is 117 Å². The molecule has 0 aromatic carbocycles. The first kappa shape index (κ1) is 14.1. The Morgan fingerprint density at radius 3 is 2.89 bits per heavy atom. The summed E-state index contributed by atoms with van der Waals surface area (Å²) in [5.74, 6) is 0.0741.